The van der Waals surface area contributed by atoms with Crippen molar-refractivity contribution in [3.63, 3.8) is 0 Å². The van der Waals surface area contributed by atoms with Gasteiger partial charge >= 0.3 is 0 Å². The van der Waals surface area contributed by atoms with Gasteiger partial charge in [0.1, 0.15) is 5.82 Å². The van der Waals surface area contributed by atoms with E-state index in [0.717, 1.165) is 102 Å². The Morgan fingerprint density at radius 3 is 1.17 bits per heavy atom. The number of hydrogen-bond acceptors (Lipinski definition) is 6. The SMILES string of the molecule is Cc1cc(C)c(-c2nc(-c3c(C)cc(C)cc3C)nc(-c3ccc4ccc5c6c(ccc3c46)=CCC5c3nc(-c4c(C)cc(C)cc4C)nc(-c4c(C)cc(C)cc4C)n3)n2)c(C)c1. The van der Waals surface area contributed by atoms with Crippen molar-refractivity contribution in [2.45, 2.75) is 95.4 Å². The molecule has 64 heavy (non-hydrogen) atoms. The van der Waals surface area contributed by atoms with Gasteiger partial charge in [-0.2, -0.15) is 0 Å². The minimum atomic E-state index is -0.0841. The van der Waals surface area contributed by atoms with E-state index in [4.69, 9.17) is 29.9 Å². The van der Waals surface area contributed by atoms with Crippen LogP contribution in [0.5, 0.6) is 0 Å². The fourth-order valence-electron chi connectivity index (χ4n) is 11.1. The average molecular weight is 835 g/mol. The van der Waals surface area contributed by atoms with Crippen molar-refractivity contribution < 1.29 is 0 Å². The topological polar surface area (TPSA) is 77.3 Å². The highest BCUT2D eigenvalue weighted by molar-refractivity contribution is 6.16. The third-order valence-electron chi connectivity index (χ3n) is 13.4. The van der Waals surface area contributed by atoms with Gasteiger partial charge in [0.25, 0.3) is 0 Å². The van der Waals surface area contributed by atoms with Crippen LogP contribution in [0, 0.1) is 83.1 Å². The smallest absolute Gasteiger partial charge is 0.164 e. The number of hydrogen-bond donors (Lipinski definition) is 0. The number of rotatable bonds is 6. The van der Waals surface area contributed by atoms with Crippen LogP contribution in [0.1, 0.15) is 90.5 Å². The normalized spacial score (nSPS) is 13.5. The van der Waals surface area contributed by atoms with E-state index in [1.165, 1.54) is 49.2 Å². The highest BCUT2D eigenvalue weighted by Gasteiger charge is 2.28. The Hall–Kier alpha value is -6.92. The van der Waals surface area contributed by atoms with Crippen LogP contribution in [0.15, 0.2) is 84.9 Å². The molecule has 6 nitrogen and oxygen atoms in total. The predicted molar refractivity (Wildman–Crippen MR) is 265 cm³/mol. The molecular formula is C58H54N6. The summed E-state index contributed by atoms with van der Waals surface area (Å²) in [7, 11) is 0. The Morgan fingerprint density at radius 1 is 0.375 bits per heavy atom. The average Bonchev–Trinajstić information content (AvgIpc) is 3.21. The molecule has 9 aromatic rings. The number of aromatic nitrogens is 6. The molecule has 0 saturated heterocycles. The number of benzene rings is 7. The Morgan fingerprint density at radius 2 is 0.750 bits per heavy atom. The molecule has 2 heterocycles. The summed E-state index contributed by atoms with van der Waals surface area (Å²) in [6.45, 7) is 25.9. The van der Waals surface area contributed by atoms with Crippen LogP contribution in [0.25, 0.3) is 84.6 Å². The molecule has 7 aromatic carbocycles. The minimum Gasteiger partial charge on any atom is -0.212 e. The summed E-state index contributed by atoms with van der Waals surface area (Å²) >= 11 is 0. The van der Waals surface area contributed by atoms with E-state index >= 15 is 0 Å². The Labute approximate surface area is 376 Å². The molecule has 0 amide bonds. The van der Waals surface area contributed by atoms with Crippen LogP contribution in [-0.2, 0) is 0 Å². The van der Waals surface area contributed by atoms with E-state index in [0.29, 0.717) is 17.5 Å². The summed E-state index contributed by atoms with van der Waals surface area (Å²) in [5, 5.41) is 5.94. The molecule has 1 aliphatic carbocycles. The molecular weight excluding hydrogens is 781 g/mol. The molecule has 0 fully saturated rings. The lowest BCUT2D eigenvalue weighted by molar-refractivity contribution is 0.762. The Kier molecular flexibility index (Phi) is 9.90. The van der Waals surface area contributed by atoms with Crippen molar-refractivity contribution in [3.8, 4) is 56.9 Å². The molecule has 0 radical (unpaired) electrons. The van der Waals surface area contributed by atoms with Crippen LogP contribution in [-0.4, -0.2) is 29.9 Å². The van der Waals surface area contributed by atoms with Gasteiger partial charge in [0.15, 0.2) is 29.1 Å². The highest BCUT2D eigenvalue weighted by Crippen LogP contribution is 2.42. The summed E-state index contributed by atoms with van der Waals surface area (Å²) in [5.74, 6) is 4.20. The standard InChI is InChI=1S/C58H54N6/c1-29-21-33(5)47(34(6)22-29)55-59-53(60-56(63-55)48-35(7)23-30(2)24-36(48)8)45-19-15-41-14-18-44-46(20-16-42-13-17-43(45)51(41)52(42)44)54-61-57(49-37(9)25-31(3)26-38(49)10)64-58(62-54)50-39(11)27-32(4)28-40(50)12/h13-19,21-28,46H,20H2,1-12H3. The molecule has 0 saturated carbocycles. The number of nitrogens with zero attached hydrogens (tertiary/aromatic N) is 6. The maximum atomic E-state index is 5.41. The molecule has 10 rings (SSSR count). The fourth-order valence-corrected chi connectivity index (χ4v) is 11.1. The molecule has 6 heteroatoms. The Bertz CT molecular complexity index is 3260. The van der Waals surface area contributed by atoms with Gasteiger partial charge in [0.2, 0.25) is 0 Å². The summed E-state index contributed by atoms with van der Waals surface area (Å²) in [5.41, 5.74) is 20.6. The zero-order chi connectivity index (χ0) is 44.9. The largest absolute Gasteiger partial charge is 0.212 e. The molecule has 0 bridgehead atoms. The lowest BCUT2D eigenvalue weighted by atomic mass is 9.82. The zero-order valence-corrected chi connectivity index (χ0v) is 39.1. The van der Waals surface area contributed by atoms with Crippen LogP contribution in [0.2, 0.25) is 0 Å². The maximum Gasteiger partial charge on any atom is 0.164 e. The van der Waals surface area contributed by atoms with Gasteiger partial charge in [-0.25, -0.2) is 29.9 Å². The third-order valence-corrected chi connectivity index (χ3v) is 13.4. The third kappa shape index (κ3) is 6.87. The summed E-state index contributed by atoms with van der Waals surface area (Å²) in [6, 6.07) is 31.3. The van der Waals surface area contributed by atoms with Crippen molar-refractivity contribution in [1.82, 2.24) is 29.9 Å². The predicted octanol–water partition coefficient (Wildman–Crippen LogP) is 13.4. The Balaban J connectivity index is 1.20. The zero-order valence-electron chi connectivity index (χ0n) is 39.1. The van der Waals surface area contributed by atoms with Crippen molar-refractivity contribution in [2.75, 3.05) is 0 Å². The lowest BCUT2D eigenvalue weighted by Gasteiger charge is -2.24. The first-order valence-electron chi connectivity index (χ1n) is 22.5. The van der Waals surface area contributed by atoms with Crippen molar-refractivity contribution in [3.05, 3.63) is 168 Å². The van der Waals surface area contributed by atoms with Gasteiger partial charge in [-0.05, 0) is 172 Å². The second kappa shape index (κ2) is 15.4. The minimum absolute atomic E-state index is 0.0841. The van der Waals surface area contributed by atoms with Gasteiger partial charge in [-0.3, -0.25) is 0 Å². The summed E-state index contributed by atoms with van der Waals surface area (Å²) in [4.78, 5) is 32.1. The first-order chi connectivity index (χ1) is 30.6. The molecule has 1 aliphatic rings. The lowest BCUT2D eigenvalue weighted by Crippen LogP contribution is -2.18. The molecule has 1 unspecified atom stereocenters. The first kappa shape index (κ1) is 41.1. The van der Waals surface area contributed by atoms with E-state index in [2.05, 4.69) is 174 Å². The molecule has 2 aromatic heterocycles. The van der Waals surface area contributed by atoms with Crippen molar-refractivity contribution in [2.24, 2.45) is 0 Å². The monoisotopic (exact) mass is 834 g/mol. The maximum absolute atomic E-state index is 5.41. The van der Waals surface area contributed by atoms with E-state index in [1.54, 1.807) is 0 Å². The van der Waals surface area contributed by atoms with Crippen molar-refractivity contribution >= 4 is 27.6 Å². The molecule has 0 spiro atoms. The van der Waals surface area contributed by atoms with Gasteiger partial charge in [-0.15, -0.1) is 0 Å². The van der Waals surface area contributed by atoms with Crippen LogP contribution >= 0.6 is 0 Å². The molecule has 0 N–H and O–H groups in total. The quantitative estimate of drug-likeness (QED) is 0.166. The molecule has 1 atom stereocenters. The second-order valence-electron chi connectivity index (χ2n) is 18.7. The van der Waals surface area contributed by atoms with Gasteiger partial charge in [-0.1, -0.05) is 107 Å². The van der Waals surface area contributed by atoms with Crippen LogP contribution in [0.4, 0.5) is 0 Å². The van der Waals surface area contributed by atoms with Gasteiger partial charge in [0.05, 0.1) is 0 Å². The molecule has 0 aliphatic heterocycles. The van der Waals surface area contributed by atoms with E-state index in [-0.39, 0.29) is 5.92 Å². The van der Waals surface area contributed by atoms with E-state index in [9.17, 15) is 0 Å². The first-order valence-corrected chi connectivity index (χ1v) is 22.5. The van der Waals surface area contributed by atoms with Gasteiger partial charge < -0.3 is 0 Å². The van der Waals surface area contributed by atoms with E-state index in [1.807, 2.05) is 0 Å². The van der Waals surface area contributed by atoms with Crippen molar-refractivity contribution in [1.29, 1.82) is 0 Å². The van der Waals surface area contributed by atoms with E-state index < -0.39 is 0 Å². The van der Waals surface area contributed by atoms with Crippen LogP contribution in [0.3, 0.4) is 0 Å². The molecule has 316 valence electrons. The summed E-state index contributed by atoms with van der Waals surface area (Å²) in [6.07, 6.45) is 3.15. The number of aryl methyl sites for hydroxylation is 12. The van der Waals surface area contributed by atoms with Crippen LogP contribution < -0.4 is 5.22 Å². The highest BCUT2D eigenvalue weighted by atomic mass is 15.0. The summed E-state index contributed by atoms with van der Waals surface area (Å²) < 4.78 is 0. The second-order valence-corrected chi connectivity index (χ2v) is 18.7. The van der Waals surface area contributed by atoms with Gasteiger partial charge in [0, 0.05) is 33.7 Å². The fraction of sp³-hybridized carbons (Fsp3) is 0.241.